The van der Waals surface area contributed by atoms with E-state index in [0.29, 0.717) is 18.5 Å². The zero-order valence-electron chi connectivity index (χ0n) is 9.96. The van der Waals surface area contributed by atoms with Crippen LogP contribution in [-0.4, -0.2) is 4.57 Å². The molecule has 0 bridgehead atoms. The highest BCUT2D eigenvalue weighted by Crippen LogP contribution is 2.24. The maximum atomic E-state index is 5.70. The Morgan fingerprint density at radius 1 is 1.29 bits per heavy atom. The van der Waals surface area contributed by atoms with Crippen LogP contribution in [0.2, 0.25) is 0 Å². The minimum absolute atomic E-state index is 0.551. The fourth-order valence-corrected chi connectivity index (χ4v) is 1.98. The lowest BCUT2D eigenvalue weighted by Crippen LogP contribution is -2.14. The molecule has 0 spiro atoms. The summed E-state index contributed by atoms with van der Waals surface area (Å²) in [5.41, 5.74) is 9.62. The highest BCUT2D eigenvalue weighted by Gasteiger charge is 2.15. The second-order valence-corrected chi connectivity index (χ2v) is 4.46. The molecule has 1 rings (SSSR count). The Morgan fingerprint density at radius 3 is 2.21 bits per heavy atom. The van der Waals surface area contributed by atoms with Gasteiger partial charge in [-0.2, -0.15) is 0 Å². The summed E-state index contributed by atoms with van der Waals surface area (Å²) in [6, 6.07) is 2.75. The Balaban J connectivity index is 3.13. The second-order valence-electron chi connectivity index (χ2n) is 4.46. The molecule has 0 aliphatic carbocycles. The fourth-order valence-electron chi connectivity index (χ4n) is 1.98. The molecule has 1 atom stereocenters. The van der Waals surface area contributed by atoms with Gasteiger partial charge in [-0.25, -0.2) is 0 Å². The molecule has 0 aliphatic heterocycles. The summed E-state index contributed by atoms with van der Waals surface area (Å²) < 4.78 is 2.40. The lowest BCUT2D eigenvalue weighted by atomic mass is 10.1. The monoisotopic (exact) mass is 194 g/mol. The van der Waals surface area contributed by atoms with E-state index in [1.165, 1.54) is 17.0 Å². The van der Waals surface area contributed by atoms with Gasteiger partial charge in [0, 0.05) is 24.0 Å². The zero-order valence-corrected chi connectivity index (χ0v) is 9.96. The van der Waals surface area contributed by atoms with Crippen molar-refractivity contribution in [3.05, 3.63) is 23.0 Å². The molecular formula is C12H22N2. The van der Waals surface area contributed by atoms with E-state index < -0.39 is 0 Å². The van der Waals surface area contributed by atoms with Crippen LogP contribution in [0.15, 0.2) is 6.07 Å². The van der Waals surface area contributed by atoms with Crippen LogP contribution in [0.5, 0.6) is 0 Å². The number of aromatic nitrogens is 1. The van der Waals surface area contributed by atoms with E-state index in [1.807, 2.05) is 0 Å². The molecule has 0 amide bonds. The Morgan fingerprint density at radius 2 is 1.86 bits per heavy atom. The van der Waals surface area contributed by atoms with Crippen LogP contribution in [-0.2, 0) is 6.54 Å². The van der Waals surface area contributed by atoms with Gasteiger partial charge in [-0.1, -0.05) is 13.8 Å². The molecular weight excluding hydrogens is 172 g/mol. The lowest BCUT2D eigenvalue weighted by Gasteiger charge is -2.22. The van der Waals surface area contributed by atoms with Gasteiger partial charge < -0.3 is 10.3 Å². The van der Waals surface area contributed by atoms with Gasteiger partial charge >= 0.3 is 0 Å². The molecule has 0 saturated carbocycles. The van der Waals surface area contributed by atoms with Gasteiger partial charge in [0.15, 0.2) is 0 Å². The molecule has 1 aromatic heterocycles. The average Bonchev–Trinajstić information content (AvgIpc) is 2.40. The van der Waals surface area contributed by atoms with Crippen LogP contribution in [0.25, 0.3) is 0 Å². The van der Waals surface area contributed by atoms with E-state index in [0.717, 1.165) is 0 Å². The smallest absolute Gasteiger partial charge is 0.0330 e. The first-order valence-corrected chi connectivity index (χ1v) is 5.36. The van der Waals surface area contributed by atoms with Gasteiger partial charge in [-0.15, -0.1) is 0 Å². The van der Waals surface area contributed by atoms with Gasteiger partial charge in [0.25, 0.3) is 0 Å². The topological polar surface area (TPSA) is 30.9 Å². The minimum Gasteiger partial charge on any atom is -0.346 e. The van der Waals surface area contributed by atoms with Crippen LogP contribution in [0.1, 0.15) is 43.8 Å². The van der Waals surface area contributed by atoms with Crippen LogP contribution in [0.4, 0.5) is 0 Å². The molecule has 0 saturated heterocycles. The number of hydrogen-bond acceptors (Lipinski definition) is 1. The summed E-state index contributed by atoms with van der Waals surface area (Å²) in [5.74, 6) is 0.658. The van der Waals surface area contributed by atoms with Crippen molar-refractivity contribution in [1.29, 1.82) is 0 Å². The first-order chi connectivity index (χ1) is 6.49. The van der Waals surface area contributed by atoms with Crippen LogP contribution in [0, 0.1) is 19.8 Å². The van der Waals surface area contributed by atoms with Crippen LogP contribution >= 0.6 is 0 Å². The van der Waals surface area contributed by atoms with Crippen molar-refractivity contribution in [2.24, 2.45) is 11.7 Å². The molecule has 0 aliphatic rings. The Bertz CT molecular complexity index is 310. The Labute approximate surface area is 87.1 Å². The van der Waals surface area contributed by atoms with E-state index in [2.05, 4.69) is 45.3 Å². The van der Waals surface area contributed by atoms with Crippen LogP contribution in [0.3, 0.4) is 0 Å². The molecule has 2 nitrogen and oxygen atoms in total. The average molecular weight is 194 g/mol. The second kappa shape index (κ2) is 4.18. The minimum atomic E-state index is 0.551. The van der Waals surface area contributed by atoms with Crippen molar-refractivity contribution < 1.29 is 0 Å². The van der Waals surface area contributed by atoms with E-state index in [4.69, 9.17) is 5.73 Å². The zero-order chi connectivity index (χ0) is 10.9. The van der Waals surface area contributed by atoms with Crippen molar-refractivity contribution in [1.82, 2.24) is 4.57 Å². The van der Waals surface area contributed by atoms with Crippen LogP contribution < -0.4 is 5.73 Å². The molecule has 2 heteroatoms. The predicted octanol–water partition coefficient (Wildman–Crippen LogP) is 2.78. The fraction of sp³-hybridized carbons (Fsp3) is 0.667. The third-order valence-corrected chi connectivity index (χ3v) is 3.18. The predicted molar refractivity (Wildman–Crippen MR) is 61.3 cm³/mol. The summed E-state index contributed by atoms with van der Waals surface area (Å²) in [4.78, 5) is 0. The highest BCUT2D eigenvalue weighted by atomic mass is 15.0. The first-order valence-electron chi connectivity index (χ1n) is 5.36. The first kappa shape index (κ1) is 11.3. The van der Waals surface area contributed by atoms with Gasteiger partial charge in [0.2, 0.25) is 0 Å². The molecule has 0 radical (unpaired) electrons. The molecule has 80 valence electrons. The van der Waals surface area contributed by atoms with Gasteiger partial charge in [-0.3, -0.25) is 0 Å². The summed E-state index contributed by atoms with van der Waals surface area (Å²) in [5, 5.41) is 0. The number of hydrogen-bond donors (Lipinski definition) is 1. The van der Waals surface area contributed by atoms with Gasteiger partial charge in [0.05, 0.1) is 0 Å². The number of rotatable bonds is 3. The SMILES string of the molecule is Cc1cc(CN)c(C)n1C(C)C(C)C. The standard InChI is InChI=1S/C12H22N2/c1-8(2)10(4)14-9(3)6-12(7-13)11(14)5/h6,8,10H,7,13H2,1-5H3. The number of nitrogens with two attached hydrogens (primary N) is 1. The lowest BCUT2D eigenvalue weighted by molar-refractivity contribution is 0.397. The van der Waals surface area contributed by atoms with Crippen molar-refractivity contribution in [2.75, 3.05) is 0 Å². The molecule has 14 heavy (non-hydrogen) atoms. The molecule has 0 aromatic carbocycles. The maximum absolute atomic E-state index is 5.70. The number of nitrogens with zero attached hydrogens (tertiary/aromatic N) is 1. The molecule has 1 aromatic rings. The van der Waals surface area contributed by atoms with E-state index in [-0.39, 0.29) is 0 Å². The molecule has 1 unspecified atom stereocenters. The van der Waals surface area contributed by atoms with Gasteiger partial charge in [-0.05, 0) is 38.3 Å². The molecule has 2 N–H and O–H groups in total. The Kier molecular flexibility index (Phi) is 3.38. The van der Waals surface area contributed by atoms with Crippen molar-refractivity contribution >= 4 is 0 Å². The normalized spacial score (nSPS) is 13.6. The number of aryl methyl sites for hydroxylation is 1. The largest absolute Gasteiger partial charge is 0.346 e. The summed E-state index contributed by atoms with van der Waals surface area (Å²) >= 11 is 0. The van der Waals surface area contributed by atoms with E-state index in [9.17, 15) is 0 Å². The summed E-state index contributed by atoms with van der Waals surface area (Å²) in [6.45, 7) is 11.7. The van der Waals surface area contributed by atoms with Crippen molar-refractivity contribution in [2.45, 2.75) is 47.2 Å². The van der Waals surface area contributed by atoms with Crippen molar-refractivity contribution in [3.8, 4) is 0 Å². The van der Waals surface area contributed by atoms with E-state index >= 15 is 0 Å². The third-order valence-electron chi connectivity index (χ3n) is 3.18. The maximum Gasteiger partial charge on any atom is 0.0330 e. The van der Waals surface area contributed by atoms with Gasteiger partial charge in [0.1, 0.15) is 0 Å². The summed E-state index contributed by atoms with van der Waals surface area (Å²) in [7, 11) is 0. The van der Waals surface area contributed by atoms with E-state index in [1.54, 1.807) is 0 Å². The third kappa shape index (κ3) is 1.85. The molecule has 0 fully saturated rings. The highest BCUT2D eigenvalue weighted by molar-refractivity contribution is 5.27. The molecule has 1 heterocycles. The quantitative estimate of drug-likeness (QED) is 0.788. The summed E-state index contributed by atoms with van der Waals surface area (Å²) in [6.07, 6.45) is 0. The Hall–Kier alpha value is -0.760. The van der Waals surface area contributed by atoms with Crippen molar-refractivity contribution in [3.63, 3.8) is 0 Å².